The molecule has 0 unspecified atom stereocenters. The molecule has 5 N–H and O–H groups in total. The van der Waals surface area contributed by atoms with Crippen molar-refractivity contribution < 1.29 is 24.5 Å². The van der Waals surface area contributed by atoms with E-state index < -0.39 is 12.7 Å². The second-order valence-corrected chi connectivity index (χ2v) is 11.5. The van der Waals surface area contributed by atoms with Crippen molar-refractivity contribution in [1.82, 2.24) is 20.5 Å². The number of rotatable bonds is 10. The summed E-state index contributed by atoms with van der Waals surface area (Å²) in [6.07, 6.45) is 3.23. The number of aromatic nitrogens is 1. The van der Waals surface area contributed by atoms with Gasteiger partial charge in [0.15, 0.2) is 0 Å². The summed E-state index contributed by atoms with van der Waals surface area (Å²) in [6, 6.07) is 14.4. The Bertz CT molecular complexity index is 1440. The number of aliphatic hydroxyl groups is 2. The molecule has 2 bridgehead atoms. The van der Waals surface area contributed by atoms with E-state index in [0.717, 1.165) is 41.0 Å². The van der Waals surface area contributed by atoms with Crippen molar-refractivity contribution in [3.05, 3.63) is 71.0 Å². The number of nitrogens with one attached hydrogen (secondary N) is 3. The standard InChI is InChI=1S/C32H41N5O5/c1-19-5-8-26(37-16-24-6-7-25(17-37)35-24)13-29(19)31(40)34-20(2)21-9-22(11-28(10-21)42-4)23-12-30(36(3)15-23)32(41)33-14-27(39)18-38/h5,8-13,15,20,24-25,27,35,38-39H,6-7,14,16-18H2,1-4H3,(H,33,41)(H,34,40)/t20-,24-,25+,27+/m1/s1. The van der Waals surface area contributed by atoms with E-state index in [1.807, 2.05) is 50.4 Å². The van der Waals surface area contributed by atoms with Gasteiger partial charge in [-0.05, 0) is 79.8 Å². The lowest BCUT2D eigenvalue weighted by atomic mass is 10.00. The topological polar surface area (TPSA) is 128 Å². The number of aryl methyl sites for hydroxylation is 2. The van der Waals surface area contributed by atoms with Crippen LogP contribution in [0.3, 0.4) is 0 Å². The van der Waals surface area contributed by atoms with Crippen LogP contribution >= 0.6 is 0 Å². The van der Waals surface area contributed by atoms with E-state index in [1.54, 1.807) is 24.8 Å². The summed E-state index contributed by atoms with van der Waals surface area (Å²) >= 11 is 0. The first-order valence-electron chi connectivity index (χ1n) is 14.5. The molecule has 2 saturated heterocycles. The number of hydrogen-bond donors (Lipinski definition) is 5. The molecule has 0 saturated carbocycles. The van der Waals surface area contributed by atoms with Gasteiger partial charge in [0.1, 0.15) is 11.4 Å². The quantitative estimate of drug-likeness (QED) is 0.251. The third-order valence-corrected chi connectivity index (χ3v) is 8.34. The van der Waals surface area contributed by atoms with Crippen molar-refractivity contribution in [2.24, 2.45) is 7.05 Å². The fraction of sp³-hybridized carbons (Fsp3) is 0.438. The van der Waals surface area contributed by atoms with Crippen molar-refractivity contribution >= 4 is 17.5 Å². The van der Waals surface area contributed by atoms with Crippen molar-refractivity contribution in [3.8, 4) is 16.9 Å². The second-order valence-electron chi connectivity index (χ2n) is 11.5. The molecule has 10 heteroatoms. The van der Waals surface area contributed by atoms with Crippen LogP contribution < -0.4 is 25.6 Å². The molecule has 42 heavy (non-hydrogen) atoms. The molecule has 2 fully saturated rings. The number of fused-ring (bicyclic) bond motifs is 2. The molecule has 224 valence electrons. The zero-order valence-electron chi connectivity index (χ0n) is 24.7. The molecule has 0 aliphatic carbocycles. The number of methoxy groups -OCH3 is 1. The fourth-order valence-electron chi connectivity index (χ4n) is 5.89. The smallest absolute Gasteiger partial charge is 0.268 e. The van der Waals surface area contributed by atoms with Crippen LogP contribution in [0.25, 0.3) is 11.1 Å². The van der Waals surface area contributed by atoms with Crippen LogP contribution in [0.1, 0.15) is 57.8 Å². The maximum atomic E-state index is 13.5. The van der Waals surface area contributed by atoms with Gasteiger partial charge in [-0.3, -0.25) is 9.59 Å². The summed E-state index contributed by atoms with van der Waals surface area (Å²) in [5, 5.41) is 28.1. The van der Waals surface area contributed by atoms with Gasteiger partial charge in [-0.15, -0.1) is 0 Å². The zero-order chi connectivity index (χ0) is 30.0. The lowest BCUT2D eigenvalue weighted by Gasteiger charge is -2.35. The predicted octanol–water partition coefficient (Wildman–Crippen LogP) is 2.52. The Morgan fingerprint density at radius 3 is 2.50 bits per heavy atom. The molecule has 2 aromatic carbocycles. The summed E-state index contributed by atoms with van der Waals surface area (Å²) in [7, 11) is 3.37. The monoisotopic (exact) mass is 575 g/mol. The first-order valence-corrected chi connectivity index (χ1v) is 14.5. The Hall–Kier alpha value is -3.86. The molecule has 4 atom stereocenters. The average molecular weight is 576 g/mol. The van der Waals surface area contributed by atoms with E-state index in [9.17, 15) is 14.7 Å². The highest BCUT2D eigenvalue weighted by Gasteiger charge is 2.32. The van der Waals surface area contributed by atoms with Gasteiger partial charge in [0.2, 0.25) is 0 Å². The number of aliphatic hydroxyl groups excluding tert-OH is 2. The highest BCUT2D eigenvalue weighted by atomic mass is 16.5. The van der Waals surface area contributed by atoms with Crippen LogP contribution in [-0.2, 0) is 7.05 Å². The van der Waals surface area contributed by atoms with Crippen LogP contribution in [0, 0.1) is 6.92 Å². The van der Waals surface area contributed by atoms with E-state index in [4.69, 9.17) is 9.84 Å². The zero-order valence-corrected chi connectivity index (χ0v) is 24.7. The largest absolute Gasteiger partial charge is 0.497 e. The maximum Gasteiger partial charge on any atom is 0.268 e. The van der Waals surface area contributed by atoms with Crippen molar-refractivity contribution in [3.63, 3.8) is 0 Å². The molecular weight excluding hydrogens is 534 g/mol. The second kappa shape index (κ2) is 12.6. The first kappa shape index (κ1) is 29.6. The van der Waals surface area contributed by atoms with Crippen molar-refractivity contribution in [2.45, 2.75) is 50.9 Å². The van der Waals surface area contributed by atoms with Gasteiger partial charge in [-0.25, -0.2) is 0 Å². The number of anilines is 1. The van der Waals surface area contributed by atoms with Gasteiger partial charge in [-0.1, -0.05) is 6.07 Å². The molecular formula is C32H41N5O5. The van der Waals surface area contributed by atoms with Gasteiger partial charge in [0.05, 0.1) is 25.9 Å². The highest BCUT2D eigenvalue weighted by molar-refractivity contribution is 5.97. The average Bonchev–Trinajstić information content (AvgIpc) is 3.55. The molecule has 1 aromatic heterocycles. The van der Waals surface area contributed by atoms with E-state index >= 15 is 0 Å². The van der Waals surface area contributed by atoms with Gasteiger partial charge in [0, 0.05) is 61.8 Å². The Balaban J connectivity index is 1.33. The van der Waals surface area contributed by atoms with Gasteiger partial charge < -0.3 is 40.4 Å². The summed E-state index contributed by atoms with van der Waals surface area (Å²) in [4.78, 5) is 28.6. The molecule has 10 nitrogen and oxygen atoms in total. The minimum Gasteiger partial charge on any atom is -0.497 e. The van der Waals surface area contributed by atoms with E-state index in [1.165, 1.54) is 12.8 Å². The third-order valence-electron chi connectivity index (χ3n) is 8.34. The molecule has 5 rings (SSSR count). The number of ether oxygens (including phenoxy) is 1. The van der Waals surface area contributed by atoms with Crippen molar-refractivity contribution in [1.29, 1.82) is 0 Å². The minimum atomic E-state index is -1.02. The molecule has 3 heterocycles. The normalized spacial score (nSPS) is 19.3. The Morgan fingerprint density at radius 1 is 1.07 bits per heavy atom. The molecule has 3 aromatic rings. The summed E-state index contributed by atoms with van der Waals surface area (Å²) in [5.41, 5.74) is 5.59. The van der Waals surface area contributed by atoms with Crippen LogP contribution in [0.2, 0.25) is 0 Å². The molecule has 2 aliphatic rings. The maximum absolute atomic E-state index is 13.5. The van der Waals surface area contributed by atoms with Crippen LogP contribution in [0.15, 0.2) is 48.7 Å². The summed E-state index contributed by atoms with van der Waals surface area (Å²) in [6.45, 7) is 5.34. The SMILES string of the molecule is COc1cc(-c2cc(C(=O)NC[C@H](O)CO)n(C)c2)cc([C@@H](C)NC(=O)c2cc(N3C[C@H]4CC[C@@H](C3)N4)ccc2C)c1. The molecule has 0 spiro atoms. The van der Waals surface area contributed by atoms with E-state index in [-0.39, 0.29) is 24.4 Å². The van der Waals surface area contributed by atoms with Crippen LogP contribution in [-0.4, -0.2) is 78.1 Å². The number of amides is 2. The number of carbonyl (C=O) groups excluding carboxylic acids is 2. The van der Waals surface area contributed by atoms with Crippen molar-refractivity contribution in [2.75, 3.05) is 38.3 Å². The predicted molar refractivity (Wildman–Crippen MR) is 162 cm³/mol. The highest BCUT2D eigenvalue weighted by Crippen LogP contribution is 2.31. The number of piperazine rings is 1. The van der Waals surface area contributed by atoms with E-state index in [2.05, 4.69) is 26.9 Å². The third kappa shape index (κ3) is 6.46. The summed E-state index contributed by atoms with van der Waals surface area (Å²) in [5.74, 6) is 0.148. The van der Waals surface area contributed by atoms with E-state index in [0.29, 0.717) is 29.1 Å². The Kier molecular flexibility index (Phi) is 8.86. The number of carbonyl (C=O) groups is 2. The number of benzene rings is 2. The lowest BCUT2D eigenvalue weighted by molar-refractivity contribution is 0.0796. The minimum absolute atomic E-state index is 0.0466. The summed E-state index contributed by atoms with van der Waals surface area (Å²) < 4.78 is 7.29. The first-order chi connectivity index (χ1) is 20.1. The Morgan fingerprint density at radius 2 is 1.81 bits per heavy atom. The molecule has 0 radical (unpaired) electrons. The lowest BCUT2D eigenvalue weighted by Crippen LogP contribution is -2.51. The van der Waals surface area contributed by atoms with Crippen LogP contribution in [0.4, 0.5) is 5.69 Å². The number of nitrogens with zero attached hydrogens (tertiary/aromatic N) is 2. The molecule has 2 aliphatic heterocycles. The van der Waals surface area contributed by atoms with Crippen LogP contribution in [0.5, 0.6) is 5.75 Å². The fourth-order valence-corrected chi connectivity index (χ4v) is 5.89. The molecule has 2 amide bonds. The van der Waals surface area contributed by atoms with Gasteiger partial charge >= 0.3 is 0 Å². The number of hydrogen-bond acceptors (Lipinski definition) is 7. The Labute approximate surface area is 246 Å². The van der Waals surface area contributed by atoms with Gasteiger partial charge in [-0.2, -0.15) is 0 Å². The van der Waals surface area contributed by atoms with Gasteiger partial charge in [0.25, 0.3) is 11.8 Å².